The van der Waals surface area contributed by atoms with E-state index in [1.807, 2.05) is 13.8 Å². The fourth-order valence-corrected chi connectivity index (χ4v) is 2.82. The minimum atomic E-state index is 0.662. The van der Waals surface area contributed by atoms with Gasteiger partial charge in [0.1, 0.15) is 0 Å². The molecule has 20 heavy (non-hydrogen) atoms. The summed E-state index contributed by atoms with van der Waals surface area (Å²) in [6.45, 7) is 5.33. The lowest BCUT2D eigenvalue weighted by Crippen LogP contribution is -2.09. The Morgan fingerprint density at radius 2 is 1.20 bits per heavy atom. The van der Waals surface area contributed by atoms with E-state index in [0.717, 1.165) is 24.3 Å². The molecule has 2 aromatic carbocycles. The predicted molar refractivity (Wildman–Crippen MR) is 80.8 cm³/mol. The van der Waals surface area contributed by atoms with Gasteiger partial charge >= 0.3 is 0 Å². The van der Waals surface area contributed by atoms with Gasteiger partial charge in [0.15, 0.2) is 11.5 Å². The van der Waals surface area contributed by atoms with Crippen molar-refractivity contribution in [1.29, 1.82) is 0 Å². The third-order valence-corrected chi connectivity index (χ3v) is 3.75. The molecule has 0 aliphatic heterocycles. The Balaban J connectivity index is 2.00. The van der Waals surface area contributed by atoms with Crippen LogP contribution in [0.2, 0.25) is 0 Å². The van der Waals surface area contributed by atoms with Crippen LogP contribution in [-0.2, 0) is 12.8 Å². The van der Waals surface area contributed by atoms with Gasteiger partial charge in [-0.1, -0.05) is 24.3 Å². The lowest BCUT2D eigenvalue weighted by Gasteiger charge is -2.22. The van der Waals surface area contributed by atoms with E-state index in [-0.39, 0.29) is 0 Å². The third kappa shape index (κ3) is 2.38. The lowest BCUT2D eigenvalue weighted by atomic mass is 9.86. The quantitative estimate of drug-likeness (QED) is 0.712. The van der Waals surface area contributed by atoms with Crippen molar-refractivity contribution in [3.63, 3.8) is 0 Å². The molecule has 0 amide bonds. The summed E-state index contributed by atoms with van der Waals surface area (Å²) < 4.78 is 11.4. The molecular formula is C18H20O2. The maximum absolute atomic E-state index is 5.72. The zero-order valence-electron chi connectivity index (χ0n) is 12.1. The van der Waals surface area contributed by atoms with Crippen LogP contribution in [0.3, 0.4) is 0 Å². The van der Waals surface area contributed by atoms with Gasteiger partial charge in [0.25, 0.3) is 0 Å². The molecule has 0 unspecified atom stereocenters. The summed E-state index contributed by atoms with van der Waals surface area (Å²) >= 11 is 0. The van der Waals surface area contributed by atoms with Gasteiger partial charge in [0.05, 0.1) is 13.2 Å². The van der Waals surface area contributed by atoms with Crippen molar-refractivity contribution in [2.24, 2.45) is 0 Å². The molecule has 0 N–H and O–H groups in total. The summed E-state index contributed by atoms with van der Waals surface area (Å²) in [7, 11) is 0. The van der Waals surface area contributed by atoms with Crippen LogP contribution in [0, 0.1) is 0 Å². The number of benzene rings is 2. The SMILES string of the molecule is CCOc1cc2c(cc1OCC)Cc1ccccc1C2. The normalized spacial score (nSPS) is 12.5. The highest BCUT2D eigenvalue weighted by Crippen LogP contribution is 2.36. The third-order valence-electron chi connectivity index (χ3n) is 3.75. The van der Waals surface area contributed by atoms with Crippen molar-refractivity contribution in [3.05, 3.63) is 58.7 Å². The van der Waals surface area contributed by atoms with Crippen LogP contribution < -0.4 is 9.47 Å². The Morgan fingerprint density at radius 3 is 1.60 bits per heavy atom. The number of ether oxygens (including phenoxy) is 2. The second-order valence-corrected chi connectivity index (χ2v) is 5.06. The van der Waals surface area contributed by atoms with Gasteiger partial charge in [0, 0.05) is 0 Å². The van der Waals surface area contributed by atoms with E-state index < -0.39 is 0 Å². The van der Waals surface area contributed by atoms with E-state index in [9.17, 15) is 0 Å². The second-order valence-electron chi connectivity index (χ2n) is 5.06. The average molecular weight is 268 g/mol. The first-order valence-electron chi connectivity index (χ1n) is 7.30. The highest BCUT2D eigenvalue weighted by Gasteiger charge is 2.18. The van der Waals surface area contributed by atoms with Crippen molar-refractivity contribution in [2.75, 3.05) is 13.2 Å². The maximum atomic E-state index is 5.72. The van der Waals surface area contributed by atoms with Crippen molar-refractivity contribution in [1.82, 2.24) is 0 Å². The Labute approximate surface area is 120 Å². The van der Waals surface area contributed by atoms with Gasteiger partial charge in [-0.25, -0.2) is 0 Å². The Kier molecular flexibility index (Phi) is 3.64. The van der Waals surface area contributed by atoms with Crippen LogP contribution >= 0.6 is 0 Å². The van der Waals surface area contributed by atoms with E-state index in [1.165, 1.54) is 22.3 Å². The van der Waals surface area contributed by atoms with Crippen molar-refractivity contribution < 1.29 is 9.47 Å². The highest BCUT2D eigenvalue weighted by atomic mass is 16.5. The molecule has 0 atom stereocenters. The molecule has 0 saturated carbocycles. The number of fused-ring (bicyclic) bond motifs is 2. The van der Waals surface area contributed by atoms with E-state index in [1.54, 1.807) is 0 Å². The van der Waals surface area contributed by atoms with Crippen LogP contribution in [0.1, 0.15) is 36.1 Å². The smallest absolute Gasteiger partial charge is 0.161 e. The molecule has 1 aliphatic carbocycles. The monoisotopic (exact) mass is 268 g/mol. The van der Waals surface area contributed by atoms with Gasteiger partial charge in [-0.3, -0.25) is 0 Å². The number of hydrogen-bond donors (Lipinski definition) is 0. The summed E-state index contributed by atoms with van der Waals surface area (Å²) in [5, 5.41) is 0. The zero-order chi connectivity index (χ0) is 13.9. The molecule has 1 aliphatic rings. The van der Waals surface area contributed by atoms with Gasteiger partial charge in [0.2, 0.25) is 0 Å². The largest absolute Gasteiger partial charge is 0.490 e. The Morgan fingerprint density at radius 1 is 0.750 bits per heavy atom. The average Bonchev–Trinajstić information content (AvgIpc) is 2.46. The van der Waals surface area contributed by atoms with Crippen LogP contribution in [0.5, 0.6) is 11.5 Å². The number of rotatable bonds is 4. The molecule has 0 bridgehead atoms. The van der Waals surface area contributed by atoms with E-state index in [2.05, 4.69) is 36.4 Å². The molecule has 0 heterocycles. The molecule has 3 rings (SSSR count). The lowest BCUT2D eigenvalue weighted by molar-refractivity contribution is 0.287. The minimum absolute atomic E-state index is 0.662. The minimum Gasteiger partial charge on any atom is -0.490 e. The van der Waals surface area contributed by atoms with Crippen LogP contribution in [-0.4, -0.2) is 13.2 Å². The second kappa shape index (κ2) is 5.58. The van der Waals surface area contributed by atoms with Gasteiger partial charge < -0.3 is 9.47 Å². The number of hydrogen-bond acceptors (Lipinski definition) is 2. The first-order chi connectivity index (χ1) is 9.81. The van der Waals surface area contributed by atoms with Crippen LogP contribution in [0.15, 0.2) is 36.4 Å². The van der Waals surface area contributed by atoms with E-state index >= 15 is 0 Å². The van der Waals surface area contributed by atoms with Gasteiger partial charge in [-0.05, 0) is 61.1 Å². The predicted octanol–water partition coefficient (Wildman–Crippen LogP) is 3.98. The molecule has 104 valence electrons. The van der Waals surface area contributed by atoms with Gasteiger partial charge in [-0.15, -0.1) is 0 Å². The molecule has 2 heteroatoms. The van der Waals surface area contributed by atoms with Crippen molar-refractivity contribution in [2.45, 2.75) is 26.7 Å². The summed E-state index contributed by atoms with van der Waals surface area (Å²) in [5.41, 5.74) is 5.56. The summed E-state index contributed by atoms with van der Waals surface area (Å²) in [4.78, 5) is 0. The Bertz CT molecular complexity index is 563. The molecule has 2 nitrogen and oxygen atoms in total. The van der Waals surface area contributed by atoms with Crippen LogP contribution in [0.4, 0.5) is 0 Å². The molecular weight excluding hydrogens is 248 g/mol. The molecule has 2 aromatic rings. The molecule has 0 saturated heterocycles. The Hall–Kier alpha value is -1.96. The zero-order valence-corrected chi connectivity index (χ0v) is 12.1. The van der Waals surface area contributed by atoms with E-state index in [0.29, 0.717) is 13.2 Å². The summed E-state index contributed by atoms with van der Waals surface area (Å²) in [5.74, 6) is 1.74. The molecule has 0 spiro atoms. The highest BCUT2D eigenvalue weighted by molar-refractivity contribution is 5.53. The molecule has 0 aromatic heterocycles. The van der Waals surface area contributed by atoms with Crippen molar-refractivity contribution >= 4 is 0 Å². The summed E-state index contributed by atoms with van der Waals surface area (Å²) in [6.07, 6.45) is 1.97. The summed E-state index contributed by atoms with van der Waals surface area (Å²) in [6, 6.07) is 13.0. The van der Waals surface area contributed by atoms with Crippen molar-refractivity contribution in [3.8, 4) is 11.5 Å². The van der Waals surface area contributed by atoms with Crippen LogP contribution in [0.25, 0.3) is 0 Å². The topological polar surface area (TPSA) is 18.5 Å². The standard InChI is InChI=1S/C18H20O2/c1-3-19-17-11-15-9-13-7-5-6-8-14(13)10-16(15)12-18(17)20-4-2/h5-8,11-12H,3-4,9-10H2,1-2H3. The fourth-order valence-electron chi connectivity index (χ4n) is 2.82. The van der Waals surface area contributed by atoms with Gasteiger partial charge in [-0.2, -0.15) is 0 Å². The first kappa shape index (κ1) is 13.0. The fraction of sp³-hybridized carbons (Fsp3) is 0.333. The van der Waals surface area contributed by atoms with E-state index in [4.69, 9.17) is 9.47 Å². The molecule has 0 fully saturated rings. The molecule has 0 radical (unpaired) electrons. The first-order valence-corrected chi connectivity index (χ1v) is 7.30. The maximum Gasteiger partial charge on any atom is 0.161 e.